The Bertz CT molecular complexity index is 297. The molecule has 0 spiro atoms. The first-order chi connectivity index (χ1) is 7.91. The highest BCUT2D eigenvalue weighted by atomic mass is 35.5. The molecule has 1 rings (SSSR count). The van der Waals surface area contributed by atoms with Crippen LogP contribution in [0.3, 0.4) is 0 Å². The first-order valence-corrected chi connectivity index (χ1v) is 6.27. The van der Waals surface area contributed by atoms with Gasteiger partial charge in [-0.3, -0.25) is 9.59 Å². The molecule has 1 aliphatic rings. The Kier molecular flexibility index (Phi) is 7.25. The van der Waals surface area contributed by atoms with Crippen molar-refractivity contribution in [2.24, 2.45) is 23.3 Å². The van der Waals surface area contributed by atoms with Crippen LogP contribution in [0.1, 0.15) is 39.5 Å². The highest BCUT2D eigenvalue weighted by Gasteiger charge is 2.28. The second-order valence-electron chi connectivity index (χ2n) is 5.24. The van der Waals surface area contributed by atoms with E-state index < -0.39 is 6.04 Å². The van der Waals surface area contributed by atoms with Crippen molar-refractivity contribution in [3.63, 3.8) is 0 Å². The molecular formula is C12H24ClN3O2. The first kappa shape index (κ1) is 17.2. The number of rotatable bonds is 4. The molecule has 0 aromatic carbocycles. The molecule has 0 aliphatic heterocycles. The van der Waals surface area contributed by atoms with Crippen LogP contribution >= 0.6 is 12.4 Å². The number of amides is 2. The van der Waals surface area contributed by atoms with E-state index in [1.54, 1.807) is 0 Å². The highest BCUT2D eigenvalue weighted by Crippen LogP contribution is 2.24. The second-order valence-corrected chi connectivity index (χ2v) is 5.24. The van der Waals surface area contributed by atoms with Gasteiger partial charge in [0.05, 0.1) is 6.04 Å². The quantitative estimate of drug-likeness (QED) is 0.700. The van der Waals surface area contributed by atoms with E-state index in [2.05, 4.69) is 5.32 Å². The number of carbonyl (C=O) groups excluding carboxylic acids is 2. The molecule has 0 aromatic rings. The molecule has 106 valence electrons. The smallest absolute Gasteiger partial charge is 0.237 e. The molecule has 0 radical (unpaired) electrons. The summed E-state index contributed by atoms with van der Waals surface area (Å²) in [6.07, 6.45) is 3.31. The third-order valence-corrected chi connectivity index (χ3v) is 3.44. The minimum Gasteiger partial charge on any atom is -0.369 e. The zero-order valence-electron chi connectivity index (χ0n) is 11.0. The average Bonchev–Trinajstić information content (AvgIpc) is 2.28. The van der Waals surface area contributed by atoms with Crippen molar-refractivity contribution in [1.29, 1.82) is 0 Å². The maximum atomic E-state index is 11.8. The number of hydrogen-bond acceptors (Lipinski definition) is 3. The predicted octanol–water partition coefficient (Wildman–Crippen LogP) is 0.552. The van der Waals surface area contributed by atoms with Crippen LogP contribution in [0, 0.1) is 11.8 Å². The number of carbonyl (C=O) groups is 2. The van der Waals surface area contributed by atoms with E-state index in [0.717, 1.165) is 19.3 Å². The standard InChI is InChI=1S/C12H23N3O2.ClH/c1-7(2)10(13)12(17)15-9-5-3-4-8(6-9)11(14)16;/h7-10H,3-6,13H2,1-2H3,(H2,14,16)(H,15,17);1H/t8?,9?,10-;/m0./s1. The van der Waals surface area contributed by atoms with Gasteiger partial charge in [-0.2, -0.15) is 0 Å². The monoisotopic (exact) mass is 277 g/mol. The Morgan fingerprint density at radius 1 is 1.28 bits per heavy atom. The predicted molar refractivity (Wildman–Crippen MR) is 73.1 cm³/mol. The number of nitrogens with one attached hydrogen (secondary N) is 1. The van der Waals surface area contributed by atoms with E-state index in [9.17, 15) is 9.59 Å². The third-order valence-electron chi connectivity index (χ3n) is 3.44. The third kappa shape index (κ3) is 4.82. The molecule has 5 N–H and O–H groups in total. The Labute approximate surface area is 114 Å². The summed E-state index contributed by atoms with van der Waals surface area (Å²) < 4.78 is 0. The van der Waals surface area contributed by atoms with Gasteiger partial charge in [-0.05, 0) is 25.2 Å². The molecule has 2 amide bonds. The largest absolute Gasteiger partial charge is 0.369 e. The summed E-state index contributed by atoms with van der Waals surface area (Å²) in [6, 6.07) is -0.442. The Morgan fingerprint density at radius 2 is 1.89 bits per heavy atom. The van der Waals surface area contributed by atoms with Crippen LogP contribution in [0.15, 0.2) is 0 Å². The summed E-state index contributed by atoms with van der Waals surface area (Å²) >= 11 is 0. The van der Waals surface area contributed by atoms with Gasteiger partial charge in [0.1, 0.15) is 0 Å². The van der Waals surface area contributed by atoms with E-state index >= 15 is 0 Å². The van der Waals surface area contributed by atoms with Crippen molar-refractivity contribution in [3.8, 4) is 0 Å². The fraction of sp³-hybridized carbons (Fsp3) is 0.833. The van der Waals surface area contributed by atoms with E-state index in [-0.39, 0.29) is 42.1 Å². The Balaban J connectivity index is 0.00000289. The Hall–Kier alpha value is -0.810. The van der Waals surface area contributed by atoms with Gasteiger partial charge in [0.25, 0.3) is 0 Å². The topological polar surface area (TPSA) is 98.2 Å². The van der Waals surface area contributed by atoms with Crippen molar-refractivity contribution < 1.29 is 9.59 Å². The lowest BCUT2D eigenvalue weighted by Crippen LogP contribution is -2.49. The van der Waals surface area contributed by atoms with Crippen LogP contribution in [-0.2, 0) is 9.59 Å². The minimum absolute atomic E-state index is 0. The maximum Gasteiger partial charge on any atom is 0.237 e. The van der Waals surface area contributed by atoms with Crippen molar-refractivity contribution >= 4 is 24.2 Å². The van der Waals surface area contributed by atoms with Gasteiger partial charge < -0.3 is 16.8 Å². The SMILES string of the molecule is CC(C)[C@H](N)C(=O)NC1CCCC(C(N)=O)C1.Cl. The van der Waals surface area contributed by atoms with E-state index in [1.165, 1.54) is 0 Å². The average molecular weight is 278 g/mol. The van der Waals surface area contributed by atoms with Crippen LogP contribution in [0.25, 0.3) is 0 Å². The zero-order valence-corrected chi connectivity index (χ0v) is 11.8. The van der Waals surface area contributed by atoms with Gasteiger partial charge in [0.2, 0.25) is 11.8 Å². The minimum atomic E-state index is -0.482. The summed E-state index contributed by atoms with van der Waals surface area (Å²) in [7, 11) is 0. The highest BCUT2D eigenvalue weighted by molar-refractivity contribution is 5.85. The summed E-state index contributed by atoms with van der Waals surface area (Å²) in [5.41, 5.74) is 11.1. The molecule has 0 bridgehead atoms. The van der Waals surface area contributed by atoms with Gasteiger partial charge >= 0.3 is 0 Å². The van der Waals surface area contributed by atoms with Crippen molar-refractivity contribution in [1.82, 2.24) is 5.32 Å². The van der Waals surface area contributed by atoms with E-state index in [4.69, 9.17) is 11.5 Å². The first-order valence-electron chi connectivity index (χ1n) is 6.27. The van der Waals surface area contributed by atoms with E-state index in [0.29, 0.717) is 6.42 Å². The number of nitrogens with two attached hydrogens (primary N) is 2. The normalized spacial score (nSPS) is 25.1. The molecular weight excluding hydrogens is 254 g/mol. The molecule has 6 heteroatoms. The van der Waals surface area contributed by atoms with Gasteiger partial charge in [-0.15, -0.1) is 12.4 Å². The fourth-order valence-corrected chi connectivity index (χ4v) is 2.18. The van der Waals surface area contributed by atoms with Gasteiger partial charge in [0.15, 0.2) is 0 Å². The molecule has 1 saturated carbocycles. The second kappa shape index (κ2) is 7.59. The van der Waals surface area contributed by atoms with Crippen LogP contribution < -0.4 is 16.8 Å². The lowest BCUT2D eigenvalue weighted by Gasteiger charge is -2.29. The van der Waals surface area contributed by atoms with Crippen molar-refractivity contribution in [2.75, 3.05) is 0 Å². The summed E-state index contributed by atoms with van der Waals surface area (Å²) in [6.45, 7) is 3.83. The van der Waals surface area contributed by atoms with Crippen LogP contribution in [0.4, 0.5) is 0 Å². The Morgan fingerprint density at radius 3 is 2.39 bits per heavy atom. The van der Waals surface area contributed by atoms with Crippen molar-refractivity contribution in [2.45, 2.75) is 51.6 Å². The summed E-state index contributed by atoms with van der Waals surface area (Å²) in [4.78, 5) is 22.9. The molecule has 1 aliphatic carbocycles. The molecule has 0 saturated heterocycles. The van der Waals surface area contributed by atoms with Crippen molar-refractivity contribution in [3.05, 3.63) is 0 Å². The molecule has 5 nitrogen and oxygen atoms in total. The van der Waals surface area contributed by atoms with Gasteiger partial charge in [-0.1, -0.05) is 20.3 Å². The number of primary amides is 1. The van der Waals surface area contributed by atoms with Crippen LogP contribution in [0.5, 0.6) is 0 Å². The van der Waals surface area contributed by atoms with Crippen LogP contribution in [0.2, 0.25) is 0 Å². The molecule has 3 atom stereocenters. The number of hydrogen-bond donors (Lipinski definition) is 3. The molecule has 18 heavy (non-hydrogen) atoms. The van der Waals surface area contributed by atoms with Gasteiger partial charge in [-0.25, -0.2) is 0 Å². The van der Waals surface area contributed by atoms with Gasteiger partial charge in [0, 0.05) is 12.0 Å². The molecule has 1 fully saturated rings. The summed E-state index contributed by atoms with van der Waals surface area (Å²) in [5.74, 6) is -0.387. The maximum absolute atomic E-state index is 11.8. The summed E-state index contributed by atoms with van der Waals surface area (Å²) in [5, 5.41) is 2.91. The lowest BCUT2D eigenvalue weighted by molar-refractivity contribution is -0.126. The molecule has 2 unspecified atom stereocenters. The molecule has 0 aromatic heterocycles. The van der Waals surface area contributed by atoms with E-state index in [1.807, 2.05) is 13.8 Å². The fourth-order valence-electron chi connectivity index (χ4n) is 2.18. The molecule has 0 heterocycles. The number of halogens is 1. The van der Waals surface area contributed by atoms with Crippen LogP contribution in [-0.4, -0.2) is 23.9 Å². The lowest BCUT2D eigenvalue weighted by atomic mass is 9.85. The zero-order chi connectivity index (χ0) is 13.0.